The first-order valence-corrected chi connectivity index (χ1v) is 9.81. The molecule has 0 saturated carbocycles. The van der Waals surface area contributed by atoms with Gasteiger partial charge >= 0.3 is 0 Å². The summed E-state index contributed by atoms with van der Waals surface area (Å²) in [7, 11) is 1.59. The topological polar surface area (TPSA) is 72.0 Å². The third kappa shape index (κ3) is 2.59. The predicted octanol–water partition coefficient (Wildman–Crippen LogP) is 5.11. The van der Waals surface area contributed by atoms with E-state index in [1.807, 2.05) is 12.1 Å². The molecule has 5 rings (SSSR count). The summed E-state index contributed by atoms with van der Waals surface area (Å²) in [6.45, 7) is 0. The maximum atomic E-state index is 8.35. The Morgan fingerprint density at radius 2 is 2.04 bits per heavy atom. The Kier molecular flexibility index (Phi) is 4.58. The van der Waals surface area contributed by atoms with Crippen molar-refractivity contribution in [2.45, 2.75) is 25.7 Å². The minimum absolute atomic E-state index is 0. The highest BCUT2D eigenvalue weighted by atomic mass is 79.9. The van der Waals surface area contributed by atoms with Crippen LogP contribution in [0.5, 0.6) is 5.19 Å². The SMILES string of the molecule is Br.COc1nc2c(sc3nc4c(c(-c5ccco5)c32)CCCC4)c(=N)s1. The molecule has 1 aliphatic carbocycles. The Morgan fingerprint density at radius 1 is 1.19 bits per heavy atom. The molecule has 0 unspecified atom stereocenters. The van der Waals surface area contributed by atoms with Crippen LogP contribution >= 0.6 is 39.7 Å². The van der Waals surface area contributed by atoms with Gasteiger partial charge in [0.1, 0.15) is 15.3 Å². The van der Waals surface area contributed by atoms with Crippen molar-refractivity contribution in [2.24, 2.45) is 0 Å². The van der Waals surface area contributed by atoms with E-state index in [0.29, 0.717) is 9.86 Å². The van der Waals surface area contributed by atoms with E-state index < -0.39 is 0 Å². The summed E-state index contributed by atoms with van der Waals surface area (Å²) in [5, 5.41) is 9.85. The van der Waals surface area contributed by atoms with Crippen LogP contribution in [0.25, 0.3) is 31.8 Å². The van der Waals surface area contributed by atoms with E-state index >= 15 is 0 Å². The van der Waals surface area contributed by atoms with Crippen LogP contribution in [0.1, 0.15) is 24.1 Å². The molecule has 0 fully saturated rings. The van der Waals surface area contributed by atoms with Crippen LogP contribution in [0.3, 0.4) is 0 Å². The molecule has 0 bridgehead atoms. The Balaban J connectivity index is 0.00000168. The number of aryl methyl sites for hydroxylation is 1. The van der Waals surface area contributed by atoms with Gasteiger partial charge in [-0.05, 0) is 43.4 Å². The van der Waals surface area contributed by atoms with E-state index in [2.05, 4.69) is 4.98 Å². The number of fused-ring (bicyclic) bond motifs is 4. The lowest BCUT2D eigenvalue weighted by Crippen LogP contribution is -2.07. The lowest BCUT2D eigenvalue weighted by molar-refractivity contribution is 0.412. The van der Waals surface area contributed by atoms with Crippen molar-refractivity contribution < 1.29 is 9.15 Å². The molecule has 134 valence electrons. The Bertz CT molecular complexity index is 1170. The minimum atomic E-state index is 0. The first-order valence-electron chi connectivity index (χ1n) is 8.18. The zero-order chi connectivity index (χ0) is 17.0. The number of nitrogens with zero attached hydrogens (tertiary/aromatic N) is 2. The Hall–Kier alpha value is -1.77. The number of methoxy groups -OCH3 is 1. The zero-order valence-corrected chi connectivity index (χ0v) is 17.3. The molecule has 0 radical (unpaired) electrons. The number of furan rings is 1. The normalized spacial score (nSPS) is 13.6. The van der Waals surface area contributed by atoms with Crippen molar-refractivity contribution in [2.75, 3.05) is 7.11 Å². The highest BCUT2D eigenvalue weighted by molar-refractivity contribution is 8.93. The van der Waals surface area contributed by atoms with Gasteiger partial charge < -0.3 is 9.15 Å². The number of hydrogen-bond donors (Lipinski definition) is 1. The fourth-order valence-electron chi connectivity index (χ4n) is 3.56. The van der Waals surface area contributed by atoms with E-state index in [0.717, 1.165) is 44.6 Å². The molecule has 5 nitrogen and oxygen atoms in total. The molecule has 8 heteroatoms. The fourth-order valence-corrected chi connectivity index (χ4v) is 5.38. The molecule has 0 saturated heterocycles. The number of pyridine rings is 1. The molecule has 1 N–H and O–H groups in total. The maximum Gasteiger partial charge on any atom is 0.275 e. The Labute approximate surface area is 168 Å². The monoisotopic (exact) mass is 449 g/mol. The molecule has 26 heavy (non-hydrogen) atoms. The molecule has 4 aromatic heterocycles. The number of thiophene rings is 1. The lowest BCUT2D eigenvalue weighted by atomic mass is 9.90. The highest BCUT2D eigenvalue weighted by Gasteiger charge is 2.24. The van der Waals surface area contributed by atoms with Gasteiger partial charge in [-0.2, -0.15) is 0 Å². The van der Waals surface area contributed by atoms with Crippen molar-refractivity contribution in [3.8, 4) is 16.5 Å². The molecule has 0 spiro atoms. The van der Waals surface area contributed by atoms with Crippen LogP contribution in [0.4, 0.5) is 0 Å². The quantitative estimate of drug-likeness (QED) is 0.461. The molecule has 4 heterocycles. The third-order valence-corrected chi connectivity index (χ3v) is 6.69. The van der Waals surface area contributed by atoms with Crippen molar-refractivity contribution in [3.05, 3.63) is 34.3 Å². The molecule has 0 aromatic carbocycles. The zero-order valence-electron chi connectivity index (χ0n) is 14.0. The van der Waals surface area contributed by atoms with Gasteiger partial charge in [-0.1, -0.05) is 11.3 Å². The third-order valence-electron chi connectivity index (χ3n) is 4.63. The van der Waals surface area contributed by atoms with E-state index in [1.165, 1.54) is 35.4 Å². The van der Waals surface area contributed by atoms with Gasteiger partial charge in [-0.15, -0.1) is 28.3 Å². The van der Waals surface area contributed by atoms with Crippen molar-refractivity contribution in [1.29, 1.82) is 5.41 Å². The fraction of sp³-hybridized carbons (Fsp3) is 0.278. The largest absolute Gasteiger partial charge is 0.473 e. The first-order chi connectivity index (χ1) is 12.3. The summed E-state index contributed by atoms with van der Waals surface area (Å²) < 4.78 is 12.4. The minimum Gasteiger partial charge on any atom is -0.473 e. The van der Waals surface area contributed by atoms with Crippen LogP contribution in [-0.4, -0.2) is 17.1 Å². The van der Waals surface area contributed by atoms with Crippen molar-refractivity contribution in [3.63, 3.8) is 0 Å². The van der Waals surface area contributed by atoms with E-state index in [-0.39, 0.29) is 17.0 Å². The number of ether oxygens (including phenoxy) is 1. The van der Waals surface area contributed by atoms with Gasteiger partial charge in [-0.25, -0.2) is 9.97 Å². The van der Waals surface area contributed by atoms with Crippen LogP contribution in [0.15, 0.2) is 22.8 Å². The molecular formula is C18H16BrN3O2S2. The van der Waals surface area contributed by atoms with Crippen LogP contribution in [0.2, 0.25) is 0 Å². The van der Waals surface area contributed by atoms with Crippen LogP contribution in [0, 0.1) is 5.41 Å². The summed E-state index contributed by atoms with van der Waals surface area (Å²) in [5.74, 6) is 0.852. The number of halogens is 1. The molecule has 4 aromatic rings. The van der Waals surface area contributed by atoms with Gasteiger partial charge in [0.05, 0.1) is 23.6 Å². The molecule has 0 amide bonds. The van der Waals surface area contributed by atoms with Gasteiger partial charge in [0.25, 0.3) is 5.19 Å². The summed E-state index contributed by atoms with van der Waals surface area (Å²) in [4.78, 5) is 10.5. The van der Waals surface area contributed by atoms with E-state index in [1.54, 1.807) is 24.7 Å². The average Bonchev–Trinajstić information content (AvgIpc) is 3.28. The maximum absolute atomic E-state index is 8.35. The summed E-state index contributed by atoms with van der Waals surface area (Å²) >= 11 is 2.79. The number of nitrogens with one attached hydrogen (secondary N) is 1. The predicted molar refractivity (Wildman–Crippen MR) is 110 cm³/mol. The van der Waals surface area contributed by atoms with Gasteiger partial charge in [0.2, 0.25) is 0 Å². The molecule has 0 aliphatic heterocycles. The molecular weight excluding hydrogens is 434 g/mol. The standard InChI is InChI=1S/C18H15N3O2S2.BrH/c1-22-18-21-14-13-12(11-7-4-8-23-11)9-5-2-3-6-10(9)20-17(13)24-15(14)16(19)25-18;/h4,7-8,19H,2-3,5-6H2,1H3;1H. The lowest BCUT2D eigenvalue weighted by Gasteiger charge is -2.18. The molecule has 0 atom stereocenters. The number of aromatic nitrogens is 2. The summed E-state index contributed by atoms with van der Waals surface area (Å²) in [5.41, 5.74) is 4.33. The second kappa shape index (κ2) is 6.75. The molecule has 1 aliphatic rings. The summed E-state index contributed by atoms with van der Waals surface area (Å²) in [6.07, 6.45) is 6.05. The van der Waals surface area contributed by atoms with Gasteiger partial charge in [0.15, 0.2) is 0 Å². The van der Waals surface area contributed by atoms with Gasteiger partial charge in [-0.3, -0.25) is 5.41 Å². The van der Waals surface area contributed by atoms with Gasteiger partial charge in [0, 0.05) is 16.6 Å². The first kappa shape index (κ1) is 17.6. The highest BCUT2D eigenvalue weighted by Crippen LogP contribution is 2.42. The number of rotatable bonds is 2. The average molecular weight is 450 g/mol. The van der Waals surface area contributed by atoms with Crippen molar-refractivity contribution >= 4 is 60.1 Å². The Morgan fingerprint density at radius 3 is 2.81 bits per heavy atom. The van der Waals surface area contributed by atoms with E-state index in [4.69, 9.17) is 19.5 Å². The second-order valence-electron chi connectivity index (χ2n) is 6.07. The second-order valence-corrected chi connectivity index (χ2v) is 8.03. The van der Waals surface area contributed by atoms with E-state index in [9.17, 15) is 0 Å². The summed E-state index contributed by atoms with van der Waals surface area (Å²) in [6, 6.07) is 3.91. The van der Waals surface area contributed by atoms with Crippen LogP contribution < -0.4 is 9.41 Å². The smallest absolute Gasteiger partial charge is 0.275 e. The number of hydrogen-bond acceptors (Lipinski definition) is 7. The van der Waals surface area contributed by atoms with Crippen molar-refractivity contribution in [1.82, 2.24) is 9.97 Å². The van der Waals surface area contributed by atoms with Crippen LogP contribution in [-0.2, 0) is 12.8 Å².